The molecule has 4 N–H and O–H groups in total. The molecule has 38 valence electrons. The minimum atomic E-state index is 0.775. The molecular weight excluding hydrogens is 80.0 g/mol. The summed E-state index contributed by atoms with van der Waals surface area (Å²) in [5.41, 5.74) is 10.3. The van der Waals surface area contributed by atoms with Gasteiger partial charge in [-0.15, -0.1) is 0 Å². The van der Waals surface area contributed by atoms with Crippen LogP contribution in [0.1, 0.15) is 12.8 Å². The van der Waals surface area contributed by atoms with Crippen LogP contribution in [0.3, 0.4) is 0 Å². The Labute approximate surface area is 38.5 Å². The molecule has 0 aliphatic carbocycles. The summed E-state index contributed by atoms with van der Waals surface area (Å²) in [6, 6.07) is 0. The highest BCUT2D eigenvalue weighted by Crippen LogP contribution is 1.77. The van der Waals surface area contributed by atoms with E-state index in [9.17, 15) is 0 Å². The van der Waals surface area contributed by atoms with Gasteiger partial charge in [-0.1, -0.05) is 0 Å². The van der Waals surface area contributed by atoms with Crippen LogP contribution in [-0.2, 0) is 0 Å². The maximum absolute atomic E-state index is 5.16. The van der Waals surface area contributed by atoms with E-state index < -0.39 is 0 Å². The zero-order valence-corrected chi connectivity index (χ0v) is 3.98. The van der Waals surface area contributed by atoms with Crippen molar-refractivity contribution < 1.29 is 0 Å². The fraction of sp³-hybridized carbons (Fsp3) is 1.00. The third-order valence-electron chi connectivity index (χ3n) is 0.658. The number of unbranched alkanes of at least 4 members (excludes halogenated alkanes) is 1. The average Bonchev–Trinajstić information content (AvgIpc) is 1.61. The van der Waals surface area contributed by atoms with E-state index in [1.165, 1.54) is 0 Å². The predicted molar refractivity (Wildman–Crippen MR) is 27.3 cm³/mol. The lowest BCUT2D eigenvalue weighted by atomic mass is 10.6. The fourth-order valence-electron chi connectivity index (χ4n) is 0.289. The van der Waals surface area contributed by atoms with Crippen LogP contribution in [0.2, 0.25) is 0 Å². The second-order valence-electron chi connectivity index (χ2n) is 1.28. The van der Waals surface area contributed by atoms with Gasteiger partial charge >= 0.3 is 0 Å². The molecule has 0 aliphatic rings. The van der Waals surface area contributed by atoms with Crippen molar-refractivity contribution in [3.8, 4) is 0 Å². The van der Waals surface area contributed by atoms with E-state index in [2.05, 4.69) is 0 Å². The topological polar surface area (TPSA) is 52.0 Å². The van der Waals surface area contributed by atoms with Gasteiger partial charge < -0.3 is 11.5 Å². The molecule has 0 aliphatic heterocycles. The average molecular weight is 92.1 g/mol. The standard InChI is InChI=1S/C4H12N2/c5-3-1-2-4-6/h1-6H2/i3+1,4+1,5+1,6+1. The number of hydrogen-bond acceptors (Lipinski definition) is 2. The van der Waals surface area contributed by atoms with E-state index in [-0.39, 0.29) is 0 Å². The van der Waals surface area contributed by atoms with Crippen LogP contribution in [0.25, 0.3) is 0 Å². The van der Waals surface area contributed by atoms with Crippen molar-refractivity contribution in [3.05, 3.63) is 0 Å². The Kier molecular flexibility index (Phi) is 4.85. The molecule has 0 saturated carbocycles. The second-order valence-corrected chi connectivity index (χ2v) is 1.28. The highest BCUT2D eigenvalue weighted by atomic mass is 15.5. The first-order chi connectivity index (χ1) is 2.91. The molecule has 2 nitrogen and oxygen atoms in total. The zero-order chi connectivity index (χ0) is 4.83. The van der Waals surface area contributed by atoms with E-state index in [4.69, 9.17) is 11.5 Å². The Morgan fingerprint density at radius 1 is 0.833 bits per heavy atom. The summed E-state index contributed by atoms with van der Waals surface area (Å²) in [5.74, 6) is 0. The SMILES string of the molecule is [15NH2][13CH2]CC[13CH2][15NH2]. The molecule has 0 atom stereocenters. The van der Waals surface area contributed by atoms with Crippen molar-refractivity contribution in [2.75, 3.05) is 13.1 Å². The largest absolute Gasteiger partial charge is 0.330 e. The van der Waals surface area contributed by atoms with Crippen molar-refractivity contribution in [2.24, 2.45) is 11.5 Å². The van der Waals surface area contributed by atoms with Crippen LogP contribution in [0.15, 0.2) is 0 Å². The Morgan fingerprint density at radius 2 is 1.17 bits per heavy atom. The minimum absolute atomic E-state index is 0.775. The Balaban J connectivity index is 2.34. The van der Waals surface area contributed by atoms with Crippen molar-refractivity contribution in [3.63, 3.8) is 0 Å². The summed E-state index contributed by atoms with van der Waals surface area (Å²) < 4.78 is 0. The highest BCUT2D eigenvalue weighted by Gasteiger charge is 1.75. The zero-order valence-electron chi connectivity index (χ0n) is 3.98. The fourth-order valence-corrected chi connectivity index (χ4v) is 0.289. The molecule has 0 radical (unpaired) electrons. The second kappa shape index (κ2) is 4.92. The lowest BCUT2D eigenvalue weighted by Crippen LogP contribution is -2.03. The molecule has 6 heavy (non-hydrogen) atoms. The molecular formula is C4H12N2. The molecule has 0 saturated heterocycles. The van der Waals surface area contributed by atoms with Gasteiger partial charge in [0.15, 0.2) is 0 Å². The molecule has 0 unspecified atom stereocenters. The molecule has 2 heteroatoms. The first-order valence-electron chi connectivity index (χ1n) is 2.32. The summed E-state index contributed by atoms with van der Waals surface area (Å²) in [6.07, 6.45) is 2.13. The summed E-state index contributed by atoms with van der Waals surface area (Å²) in [4.78, 5) is 0. The van der Waals surface area contributed by atoms with Gasteiger partial charge in [-0.05, 0) is 25.9 Å². The van der Waals surface area contributed by atoms with Gasteiger partial charge in [0, 0.05) is 0 Å². The third-order valence-corrected chi connectivity index (χ3v) is 0.658. The van der Waals surface area contributed by atoms with Crippen LogP contribution in [0.5, 0.6) is 0 Å². The molecule has 0 aromatic carbocycles. The van der Waals surface area contributed by atoms with Crippen molar-refractivity contribution in [1.29, 1.82) is 0 Å². The van der Waals surface area contributed by atoms with E-state index in [1.54, 1.807) is 0 Å². The van der Waals surface area contributed by atoms with Gasteiger partial charge in [0.05, 0.1) is 0 Å². The number of nitrogens with two attached hydrogens (primary N) is 2. The summed E-state index contributed by atoms with van der Waals surface area (Å²) in [7, 11) is 0. The van der Waals surface area contributed by atoms with Crippen molar-refractivity contribution in [2.45, 2.75) is 12.8 Å². The van der Waals surface area contributed by atoms with E-state index in [0.717, 1.165) is 25.9 Å². The van der Waals surface area contributed by atoms with E-state index >= 15 is 0 Å². The van der Waals surface area contributed by atoms with Gasteiger partial charge in [-0.2, -0.15) is 0 Å². The maximum atomic E-state index is 5.16. The molecule has 0 aromatic rings. The Morgan fingerprint density at radius 3 is 1.33 bits per heavy atom. The van der Waals surface area contributed by atoms with Crippen LogP contribution >= 0.6 is 0 Å². The molecule has 0 fully saturated rings. The molecule has 0 amide bonds. The van der Waals surface area contributed by atoms with Crippen LogP contribution < -0.4 is 11.5 Å². The lowest BCUT2D eigenvalue weighted by molar-refractivity contribution is 0.755. The summed E-state index contributed by atoms with van der Waals surface area (Å²) in [5, 5.41) is 0. The van der Waals surface area contributed by atoms with E-state index in [0.29, 0.717) is 0 Å². The number of rotatable bonds is 3. The molecule has 0 heterocycles. The minimum Gasteiger partial charge on any atom is -0.330 e. The summed E-state index contributed by atoms with van der Waals surface area (Å²) >= 11 is 0. The predicted octanol–water partition coefficient (Wildman–Crippen LogP) is -0.316. The Bertz CT molecular complexity index is 17.5. The van der Waals surface area contributed by atoms with Crippen molar-refractivity contribution >= 4 is 0 Å². The molecule has 0 rings (SSSR count). The van der Waals surface area contributed by atoms with E-state index in [1.807, 2.05) is 0 Å². The third kappa shape index (κ3) is 3.92. The maximum Gasteiger partial charge on any atom is -0.00768 e. The highest BCUT2D eigenvalue weighted by molar-refractivity contribution is 4.38. The quantitative estimate of drug-likeness (QED) is 0.285. The van der Waals surface area contributed by atoms with Crippen LogP contribution in [0, 0.1) is 0 Å². The molecule has 0 spiro atoms. The van der Waals surface area contributed by atoms with Gasteiger partial charge in [0.25, 0.3) is 0 Å². The Hall–Kier alpha value is -0.0800. The van der Waals surface area contributed by atoms with Gasteiger partial charge in [-0.3, -0.25) is 0 Å². The van der Waals surface area contributed by atoms with Gasteiger partial charge in [-0.25, -0.2) is 0 Å². The smallest absolute Gasteiger partial charge is 0.00768 e. The van der Waals surface area contributed by atoms with Crippen molar-refractivity contribution in [1.82, 2.24) is 0 Å². The van der Waals surface area contributed by atoms with Crippen LogP contribution in [-0.4, -0.2) is 13.1 Å². The molecule has 0 bridgehead atoms. The monoisotopic (exact) mass is 92.1 g/mol. The molecule has 0 aromatic heterocycles. The first kappa shape index (κ1) is 5.92. The normalized spacial score (nSPS) is 9.00. The van der Waals surface area contributed by atoms with Crippen LogP contribution in [0.4, 0.5) is 0 Å². The van der Waals surface area contributed by atoms with Gasteiger partial charge in [0.1, 0.15) is 0 Å². The number of hydrogen-bond donors (Lipinski definition) is 2. The lowest BCUT2D eigenvalue weighted by Gasteiger charge is -1.87. The summed E-state index contributed by atoms with van der Waals surface area (Å²) in [6.45, 7) is 1.55. The van der Waals surface area contributed by atoms with Gasteiger partial charge in [0.2, 0.25) is 0 Å². The first-order valence-corrected chi connectivity index (χ1v) is 2.32.